The van der Waals surface area contributed by atoms with Gasteiger partial charge in [0.25, 0.3) is 0 Å². The molecule has 0 N–H and O–H groups in total. The van der Waals surface area contributed by atoms with Gasteiger partial charge in [0.05, 0.1) is 6.07 Å². The molecule has 0 unspecified atom stereocenters. The monoisotopic (exact) mass is 249 g/mol. The number of hydrogen-bond acceptors (Lipinski definition) is 1. The van der Waals surface area contributed by atoms with Gasteiger partial charge in [-0.3, -0.25) is 0 Å². The molecular weight excluding hydrogens is 230 g/mol. The summed E-state index contributed by atoms with van der Waals surface area (Å²) in [7, 11) is 0. The molecule has 0 heterocycles. The van der Waals surface area contributed by atoms with Crippen LogP contribution in [0.25, 0.3) is 0 Å². The molecule has 4 fully saturated rings. The first-order valence-corrected chi connectivity index (χ1v) is 7.34. The molecule has 4 saturated carbocycles. The Morgan fingerprint density at radius 2 is 1.65 bits per heavy atom. The maximum absolute atomic E-state index is 9.21. The van der Waals surface area contributed by atoms with Crippen molar-refractivity contribution < 1.29 is 0 Å². The zero-order chi connectivity index (χ0) is 12.0. The zero-order valence-electron chi connectivity index (χ0n) is 10.5. The van der Waals surface area contributed by atoms with E-state index < -0.39 is 0 Å². The molecule has 0 aromatic heterocycles. The Morgan fingerprint density at radius 1 is 1.18 bits per heavy atom. The molecule has 2 heteroatoms. The predicted molar refractivity (Wildman–Crippen MR) is 69.4 cm³/mol. The molecule has 0 aliphatic heterocycles. The van der Waals surface area contributed by atoms with Gasteiger partial charge in [-0.25, -0.2) is 0 Å². The summed E-state index contributed by atoms with van der Waals surface area (Å²) < 4.78 is 0. The van der Waals surface area contributed by atoms with Gasteiger partial charge < -0.3 is 0 Å². The summed E-state index contributed by atoms with van der Waals surface area (Å²) in [6, 6.07) is 2.32. The predicted octanol–water partition coefficient (Wildman–Crippen LogP) is 4.63. The van der Waals surface area contributed by atoms with Crippen LogP contribution in [0.2, 0.25) is 0 Å². The van der Waals surface area contributed by atoms with E-state index in [-0.39, 0.29) is 5.41 Å². The Bertz CT molecular complexity index is 366. The van der Waals surface area contributed by atoms with Gasteiger partial charge >= 0.3 is 0 Å². The Hall–Kier alpha value is -0.480. The van der Waals surface area contributed by atoms with Crippen molar-refractivity contribution in [2.24, 2.45) is 23.2 Å². The van der Waals surface area contributed by atoms with Crippen LogP contribution in [0.15, 0.2) is 10.6 Å². The second-order valence-corrected chi connectivity index (χ2v) is 6.83. The van der Waals surface area contributed by atoms with Crippen molar-refractivity contribution in [2.75, 3.05) is 0 Å². The number of halogens is 1. The molecule has 0 radical (unpaired) electrons. The van der Waals surface area contributed by atoms with Gasteiger partial charge in [-0.2, -0.15) is 5.26 Å². The standard InChI is InChI=1S/C15H20ClN/c1-2-13(9-17)14(16)15-6-10-3-11(7-15)5-12(4-10)8-15/h10-12H,2-8H2,1H3. The Morgan fingerprint density at radius 3 is 2.00 bits per heavy atom. The van der Waals surface area contributed by atoms with Crippen LogP contribution in [0.3, 0.4) is 0 Å². The van der Waals surface area contributed by atoms with E-state index in [2.05, 4.69) is 6.07 Å². The summed E-state index contributed by atoms with van der Waals surface area (Å²) in [5, 5.41) is 10.1. The van der Waals surface area contributed by atoms with Crippen molar-refractivity contribution in [1.29, 1.82) is 5.26 Å². The van der Waals surface area contributed by atoms with E-state index in [1.165, 1.54) is 38.5 Å². The van der Waals surface area contributed by atoms with Crippen molar-refractivity contribution in [2.45, 2.75) is 51.9 Å². The van der Waals surface area contributed by atoms with Gasteiger partial charge in [-0.1, -0.05) is 18.5 Å². The molecule has 0 saturated heterocycles. The van der Waals surface area contributed by atoms with Gasteiger partial charge in [0.15, 0.2) is 0 Å². The Labute approximate surface area is 109 Å². The minimum atomic E-state index is 0.206. The molecule has 0 amide bonds. The summed E-state index contributed by atoms with van der Waals surface area (Å²) in [5.41, 5.74) is 1.05. The SMILES string of the molecule is CCC(C#N)=C(Cl)C12CC3CC(CC(C3)C1)C2. The second-order valence-electron chi connectivity index (χ2n) is 6.46. The highest BCUT2D eigenvalue weighted by Crippen LogP contribution is 2.63. The van der Waals surface area contributed by atoms with Crippen molar-refractivity contribution in [1.82, 2.24) is 0 Å². The van der Waals surface area contributed by atoms with Crippen LogP contribution in [0, 0.1) is 34.5 Å². The molecule has 17 heavy (non-hydrogen) atoms. The first-order chi connectivity index (χ1) is 8.16. The van der Waals surface area contributed by atoms with Gasteiger partial charge in [0.1, 0.15) is 0 Å². The van der Waals surface area contributed by atoms with Crippen molar-refractivity contribution >= 4 is 11.6 Å². The number of rotatable bonds is 2. The Kier molecular flexibility index (Phi) is 2.75. The number of allylic oxidation sites excluding steroid dienone is 2. The van der Waals surface area contributed by atoms with Crippen LogP contribution in [-0.4, -0.2) is 0 Å². The fourth-order valence-corrected chi connectivity index (χ4v) is 5.39. The van der Waals surface area contributed by atoms with E-state index in [0.717, 1.165) is 34.8 Å². The highest BCUT2D eigenvalue weighted by Gasteiger charge is 2.52. The van der Waals surface area contributed by atoms with E-state index in [1.54, 1.807) is 0 Å². The van der Waals surface area contributed by atoms with Crippen LogP contribution in [0.5, 0.6) is 0 Å². The van der Waals surface area contributed by atoms with E-state index >= 15 is 0 Å². The van der Waals surface area contributed by atoms with Crippen LogP contribution >= 0.6 is 11.6 Å². The second kappa shape index (κ2) is 4.02. The van der Waals surface area contributed by atoms with Crippen LogP contribution in [-0.2, 0) is 0 Å². The van der Waals surface area contributed by atoms with E-state index in [4.69, 9.17) is 11.6 Å². The summed E-state index contributed by atoms with van der Waals surface area (Å²) in [6.45, 7) is 2.04. The number of nitrogens with zero attached hydrogens (tertiary/aromatic N) is 1. The minimum Gasteiger partial charge on any atom is -0.193 e. The normalized spacial score (nSPS) is 44.4. The van der Waals surface area contributed by atoms with Crippen LogP contribution < -0.4 is 0 Å². The van der Waals surface area contributed by atoms with Crippen molar-refractivity contribution in [3.05, 3.63) is 10.6 Å². The van der Waals surface area contributed by atoms with Crippen molar-refractivity contribution in [3.8, 4) is 6.07 Å². The smallest absolute Gasteiger partial charge is 0.0959 e. The quantitative estimate of drug-likeness (QED) is 0.655. The fraction of sp³-hybridized carbons (Fsp3) is 0.800. The fourth-order valence-electron chi connectivity index (χ4n) is 4.98. The van der Waals surface area contributed by atoms with Gasteiger partial charge in [-0.05, 0) is 62.7 Å². The molecule has 0 aromatic rings. The third-order valence-electron chi connectivity index (χ3n) is 5.26. The van der Waals surface area contributed by atoms with Gasteiger partial charge in [0.2, 0.25) is 0 Å². The van der Waals surface area contributed by atoms with Gasteiger partial charge in [0, 0.05) is 16.0 Å². The molecule has 4 bridgehead atoms. The largest absolute Gasteiger partial charge is 0.193 e. The average molecular weight is 250 g/mol. The lowest BCUT2D eigenvalue weighted by Gasteiger charge is -2.56. The van der Waals surface area contributed by atoms with Crippen LogP contribution in [0.1, 0.15) is 51.9 Å². The highest BCUT2D eigenvalue weighted by molar-refractivity contribution is 6.31. The lowest BCUT2D eigenvalue weighted by molar-refractivity contribution is -0.0267. The molecule has 4 aliphatic rings. The third-order valence-corrected chi connectivity index (χ3v) is 5.89. The molecule has 0 aromatic carbocycles. The minimum absolute atomic E-state index is 0.206. The van der Waals surface area contributed by atoms with Crippen molar-refractivity contribution in [3.63, 3.8) is 0 Å². The maximum Gasteiger partial charge on any atom is 0.0959 e. The zero-order valence-corrected chi connectivity index (χ0v) is 11.3. The first-order valence-electron chi connectivity index (χ1n) is 6.96. The topological polar surface area (TPSA) is 23.8 Å². The van der Waals surface area contributed by atoms with Gasteiger partial charge in [-0.15, -0.1) is 0 Å². The molecule has 1 nitrogen and oxygen atoms in total. The maximum atomic E-state index is 9.21. The first kappa shape index (κ1) is 11.6. The van der Waals surface area contributed by atoms with Crippen LogP contribution in [0.4, 0.5) is 0 Å². The average Bonchev–Trinajstić information content (AvgIpc) is 2.28. The number of nitriles is 1. The highest BCUT2D eigenvalue weighted by atomic mass is 35.5. The Balaban J connectivity index is 1.97. The molecule has 4 aliphatic carbocycles. The lowest BCUT2D eigenvalue weighted by atomic mass is 9.49. The van der Waals surface area contributed by atoms with E-state index in [9.17, 15) is 5.26 Å². The summed E-state index contributed by atoms with van der Waals surface area (Å²) in [5.74, 6) is 2.69. The molecular formula is C15H20ClN. The molecule has 0 atom stereocenters. The van der Waals surface area contributed by atoms with E-state index in [1.807, 2.05) is 6.92 Å². The summed E-state index contributed by atoms with van der Waals surface area (Å²) >= 11 is 6.63. The van der Waals surface area contributed by atoms with E-state index in [0.29, 0.717) is 0 Å². The molecule has 92 valence electrons. The molecule has 4 rings (SSSR count). The molecule has 0 spiro atoms. The summed E-state index contributed by atoms with van der Waals surface area (Å²) in [6.07, 6.45) is 8.83. The summed E-state index contributed by atoms with van der Waals surface area (Å²) in [4.78, 5) is 0. The lowest BCUT2D eigenvalue weighted by Crippen LogP contribution is -2.46. The third kappa shape index (κ3) is 1.73. The number of hydrogen-bond donors (Lipinski definition) is 0.